The Kier molecular flexibility index (Phi) is 3.25. The molecule has 0 atom stereocenters. The maximum atomic E-state index is 11.2. The van der Waals surface area contributed by atoms with Gasteiger partial charge in [0, 0.05) is 12.8 Å². The third kappa shape index (κ3) is 2.54. The maximum Gasteiger partial charge on any atom is 0.175 e. The number of sulfone groups is 1. The minimum absolute atomic E-state index is 0.245. The second kappa shape index (κ2) is 4.08. The van der Waals surface area contributed by atoms with Gasteiger partial charge in [-0.25, -0.2) is 13.9 Å². The van der Waals surface area contributed by atoms with Gasteiger partial charge in [-0.2, -0.15) is 0 Å². The summed E-state index contributed by atoms with van der Waals surface area (Å²) >= 11 is 0. The van der Waals surface area contributed by atoms with E-state index in [9.17, 15) is 8.42 Å². The van der Waals surface area contributed by atoms with Gasteiger partial charge in [0.25, 0.3) is 0 Å². The average Bonchev–Trinajstić information content (AvgIpc) is 2.07. The molecule has 0 fully saturated rings. The monoisotopic (exact) mass is 215 g/mol. The van der Waals surface area contributed by atoms with Crippen LogP contribution in [-0.4, -0.2) is 19.9 Å². The van der Waals surface area contributed by atoms with Gasteiger partial charge in [-0.3, -0.25) is 0 Å². The highest BCUT2D eigenvalue weighted by atomic mass is 32.2. The Morgan fingerprint density at radius 2 is 2.07 bits per heavy atom. The topological polar surface area (TPSA) is 66.4 Å². The van der Waals surface area contributed by atoms with Gasteiger partial charge in [0.05, 0.1) is 4.90 Å². The number of aryl methyl sites for hydroxylation is 1. The molecule has 0 aliphatic rings. The lowest BCUT2D eigenvalue weighted by molar-refractivity contribution is 0.161. The van der Waals surface area contributed by atoms with Crippen molar-refractivity contribution in [1.82, 2.24) is 5.48 Å². The Morgan fingerprint density at radius 1 is 1.43 bits per heavy atom. The average molecular weight is 215 g/mol. The number of nitrogens with one attached hydrogen (secondary N) is 1. The van der Waals surface area contributed by atoms with Crippen LogP contribution in [-0.2, 0) is 16.4 Å². The van der Waals surface area contributed by atoms with Crippen LogP contribution in [0.25, 0.3) is 0 Å². The number of hydrogen-bond donors (Lipinski definition) is 2. The minimum atomic E-state index is -3.17. The lowest BCUT2D eigenvalue weighted by Gasteiger charge is -2.06. The minimum Gasteiger partial charge on any atom is -0.316 e. The molecule has 0 aliphatic heterocycles. The van der Waals surface area contributed by atoms with Gasteiger partial charge < -0.3 is 5.21 Å². The van der Waals surface area contributed by atoms with E-state index in [4.69, 9.17) is 5.21 Å². The highest BCUT2D eigenvalue weighted by Gasteiger charge is 2.08. The van der Waals surface area contributed by atoms with E-state index in [0.717, 1.165) is 17.4 Å². The lowest BCUT2D eigenvalue weighted by atomic mass is 10.1. The number of hydroxylamine groups is 1. The van der Waals surface area contributed by atoms with Crippen molar-refractivity contribution in [3.8, 4) is 0 Å². The molecule has 0 saturated carbocycles. The van der Waals surface area contributed by atoms with E-state index in [1.54, 1.807) is 18.2 Å². The summed E-state index contributed by atoms with van der Waals surface area (Å²) in [7, 11) is -3.17. The molecule has 14 heavy (non-hydrogen) atoms. The molecule has 0 radical (unpaired) electrons. The summed E-state index contributed by atoms with van der Waals surface area (Å²) < 4.78 is 22.4. The molecule has 0 bridgehead atoms. The van der Waals surface area contributed by atoms with Gasteiger partial charge in [0.1, 0.15) is 0 Å². The van der Waals surface area contributed by atoms with Gasteiger partial charge in [-0.05, 0) is 30.2 Å². The number of hydrogen-bond acceptors (Lipinski definition) is 4. The first-order valence-electron chi connectivity index (χ1n) is 4.11. The Balaban J connectivity index is 3.20. The van der Waals surface area contributed by atoms with Crippen LogP contribution in [0.3, 0.4) is 0 Å². The van der Waals surface area contributed by atoms with E-state index in [1.807, 2.05) is 12.4 Å². The Hall–Kier alpha value is -0.910. The first-order chi connectivity index (χ1) is 6.45. The molecule has 5 heteroatoms. The molecule has 0 aromatic heterocycles. The summed E-state index contributed by atoms with van der Waals surface area (Å²) in [6, 6.07) is 4.85. The number of benzene rings is 1. The van der Waals surface area contributed by atoms with Crippen molar-refractivity contribution >= 4 is 9.84 Å². The van der Waals surface area contributed by atoms with Crippen LogP contribution in [0.4, 0.5) is 0 Å². The molecule has 0 amide bonds. The van der Waals surface area contributed by atoms with Crippen molar-refractivity contribution < 1.29 is 13.6 Å². The van der Waals surface area contributed by atoms with Gasteiger partial charge in [-0.15, -0.1) is 0 Å². The fraction of sp³-hybridized carbons (Fsp3) is 0.333. The highest BCUT2D eigenvalue weighted by molar-refractivity contribution is 7.90. The zero-order valence-electron chi connectivity index (χ0n) is 8.11. The molecule has 2 N–H and O–H groups in total. The smallest absolute Gasteiger partial charge is 0.175 e. The van der Waals surface area contributed by atoms with Crippen molar-refractivity contribution in [3.05, 3.63) is 29.3 Å². The number of rotatable bonds is 3. The first kappa shape index (κ1) is 11.2. The second-order valence-corrected chi connectivity index (χ2v) is 5.21. The van der Waals surface area contributed by atoms with Crippen molar-refractivity contribution in [2.45, 2.75) is 18.4 Å². The van der Waals surface area contributed by atoms with E-state index < -0.39 is 9.84 Å². The van der Waals surface area contributed by atoms with Crippen LogP contribution in [0.15, 0.2) is 23.1 Å². The molecule has 0 spiro atoms. The van der Waals surface area contributed by atoms with Crippen molar-refractivity contribution in [1.29, 1.82) is 0 Å². The van der Waals surface area contributed by atoms with Crippen LogP contribution < -0.4 is 5.48 Å². The standard InChI is InChI=1S/C9H13NO3S/c1-7-3-4-9(14(2,12)13)5-8(7)6-10-11/h3-5,10-11H,6H2,1-2H3. The second-order valence-electron chi connectivity index (χ2n) is 3.20. The summed E-state index contributed by atoms with van der Waals surface area (Å²) in [5, 5.41) is 8.54. The van der Waals surface area contributed by atoms with Crippen molar-refractivity contribution in [2.24, 2.45) is 0 Å². The summed E-state index contributed by atoms with van der Waals surface area (Å²) in [5.41, 5.74) is 3.73. The van der Waals surface area contributed by atoms with Gasteiger partial charge in [0.2, 0.25) is 0 Å². The molecular weight excluding hydrogens is 202 g/mol. The Morgan fingerprint density at radius 3 is 2.57 bits per heavy atom. The normalized spacial score (nSPS) is 11.6. The predicted molar refractivity (Wildman–Crippen MR) is 52.9 cm³/mol. The summed E-state index contributed by atoms with van der Waals surface area (Å²) in [4.78, 5) is 0.272. The SMILES string of the molecule is Cc1ccc(S(C)(=O)=O)cc1CNO. The molecule has 0 heterocycles. The summed E-state index contributed by atoms with van der Waals surface area (Å²) in [6.07, 6.45) is 1.16. The highest BCUT2D eigenvalue weighted by Crippen LogP contribution is 2.15. The zero-order valence-corrected chi connectivity index (χ0v) is 8.93. The molecule has 0 unspecified atom stereocenters. The largest absolute Gasteiger partial charge is 0.316 e. The molecule has 1 aromatic carbocycles. The zero-order chi connectivity index (χ0) is 10.8. The molecule has 78 valence electrons. The van der Waals surface area contributed by atoms with E-state index in [-0.39, 0.29) is 11.4 Å². The Labute approximate surface area is 83.4 Å². The molecule has 4 nitrogen and oxygen atoms in total. The molecule has 0 aliphatic carbocycles. The fourth-order valence-corrected chi connectivity index (χ4v) is 1.83. The third-order valence-corrected chi connectivity index (χ3v) is 3.13. The lowest BCUT2D eigenvalue weighted by Crippen LogP contribution is -2.08. The van der Waals surface area contributed by atoms with E-state index in [2.05, 4.69) is 0 Å². The first-order valence-corrected chi connectivity index (χ1v) is 6.01. The third-order valence-electron chi connectivity index (χ3n) is 2.02. The Bertz CT molecular complexity index is 426. The fourth-order valence-electron chi connectivity index (χ4n) is 1.15. The molecule has 1 aromatic rings. The molecule has 0 saturated heterocycles. The van der Waals surface area contributed by atoms with Crippen LogP contribution >= 0.6 is 0 Å². The summed E-state index contributed by atoms with van der Waals surface area (Å²) in [6.45, 7) is 2.11. The van der Waals surface area contributed by atoms with Crippen molar-refractivity contribution in [2.75, 3.05) is 6.26 Å². The molecular formula is C9H13NO3S. The van der Waals surface area contributed by atoms with Crippen LogP contribution in [0.1, 0.15) is 11.1 Å². The predicted octanol–water partition coefficient (Wildman–Crippen LogP) is 0.877. The van der Waals surface area contributed by atoms with Crippen LogP contribution in [0.2, 0.25) is 0 Å². The quantitative estimate of drug-likeness (QED) is 0.734. The summed E-state index contributed by atoms with van der Waals surface area (Å²) in [5.74, 6) is 0. The van der Waals surface area contributed by atoms with Crippen LogP contribution in [0.5, 0.6) is 0 Å². The maximum absolute atomic E-state index is 11.2. The van der Waals surface area contributed by atoms with Gasteiger partial charge in [0.15, 0.2) is 9.84 Å². The molecule has 1 rings (SSSR count). The van der Waals surface area contributed by atoms with Gasteiger partial charge >= 0.3 is 0 Å². The van der Waals surface area contributed by atoms with E-state index in [1.165, 1.54) is 0 Å². The van der Waals surface area contributed by atoms with Crippen molar-refractivity contribution in [3.63, 3.8) is 0 Å². The van der Waals surface area contributed by atoms with Gasteiger partial charge in [-0.1, -0.05) is 6.07 Å². The van der Waals surface area contributed by atoms with Crippen LogP contribution in [0, 0.1) is 6.92 Å². The van der Waals surface area contributed by atoms with E-state index >= 15 is 0 Å². The van der Waals surface area contributed by atoms with E-state index in [0.29, 0.717) is 0 Å².